The van der Waals surface area contributed by atoms with E-state index in [0.29, 0.717) is 13.0 Å². The predicted octanol–water partition coefficient (Wildman–Crippen LogP) is 1.57. The van der Waals surface area contributed by atoms with Crippen LogP contribution in [-0.4, -0.2) is 12.5 Å². The molecule has 0 fully saturated rings. The maximum Gasteiger partial charge on any atom is 0.217 e. The third kappa shape index (κ3) is 5.46. The van der Waals surface area contributed by atoms with Gasteiger partial charge < -0.3 is 11.1 Å². The summed E-state index contributed by atoms with van der Waals surface area (Å²) in [6, 6.07) is 6.51. The van der Waals surface area contributed by atoms with E-state index in [1.807, 2.05) is 6.07 Å². The highest BCUT2D eigenvalue weighted by molar-refractivity contribution is 5.73. The number of carbonyl (C=O) groups excluding carboxylic acids is 1. The summed E-state index contributed by atoms with van der Waals surface area (Å²) >= 11 is 0. The summed E-state index contributed by atoms with van der Waals surface area (Å²) in [7, 11) is 0. The van der Waals surface area contributed by atoms with Gasteiger partial charge in [-0.3, -0.25) is 4.79 Å². The Morgan fingerprint density at radius 2 is 2.19 bits per heavy atom. The lowest BCUT2D eigenvalue weighted by Crippen LogP contribution is -2.16. The smallest absolute Gasteiger partial charge is 0.217 e. The number of nitrogens with one attached hydrogen (secondary N) is 1. The zero-order valence-electron chi connectivity index (χ0n) is 9.21. The molecule has 0 aliphatic carbocycles. The molecule has 0 spiro atoms. The summed E-state index contributed by atoms with van der Waals surface area (Å²) in [5.41, 5.74) is 5.94. The van der Waals surface area contributed by atoms with Gasteiger partial charge in [0.1, 0.15) is 5.82 Å². The van der Waals surface area contributed by atoms with E-state index in [9.17, 15) is 9.18 Å². The van der Waals surface area contributed by atoms with Gasteiger partial charge in [-0.05, 0) is 37.1 Å². The van der Waals surface area contributed by atoms with Crippen LogP contribution in [0.2, 0.25) is 0 Å². The third-order valence-electron chi connectivity index (χ3n) is 2.24. The first-order valence-electron chi connectivity index (χ1n) is 5.42. The lowest BCUT2D eigenvalue weighted by atomic mass is 10.2. The van der Waals surface area contributed by atoms with Crippen molar-refractivity contribution < 1.29 is 9.18 Å². The van der Waals surface area contributed by atoms with Crippen LogP contribution in [0.4, 0.5) is 4.39 Å². The topological polar surface area (TPSA) is 55.1 Å². The molecule has 1 aromatic carbocycles. The molecule has 1 aromatic rings. The molecule has 0 aliphatic heterocycles. The number of amides is 1. The van der Waals surface area contributed by atoms with Crippen molar-refractivity contribution in [1.29, 1.82) is 0 Å². The van der Waals surface area contributed by atoms with Gasteiger partial charge in [0.15, 0.2) is 0 Å². The van der Waals surface area contributed by atoms with E-state index in [1.165, 1.54) is 12.1 Å². The summed E-state index contributed by atoms with van der Waals surface area (Å²) in [4.78, 5) is 10.5. The Balaban J connectivity index is 2.09. The molecular weight excluding hydrogens is 207 g/mol. The van der Waals surface area contributed by atoms with Crippen LogP contribution in [0.3, 0.4) is 0 Å². The molecule has 0 saturated carbocycles. The highest BCUT2D eigenvalue weighted by Crippen LogP contribution is 2.02. The van der Waals surface area contributed by atoms with E-state index in [4.69, 9.17) is 5.73 Å². The number of carbonyl (C=O) groups is 1. The van der Waals surface area contributed by atoms with Gasteiger partial charge in [-0.15, -0.1) is 0 Å². The fourth-order valence-electron chi connectivity index (χ4n) is 1.43. The Bertz CT molecular complexity index is 342. The molecule has 0 heterocycles. The number of rotatable bonds is 7. The predicted molar refractivity (Wildman–Crippen MR) is 61.2 cm³/mol. The minimum atomic E-state index is -0.259. The van der Waals surface area contributed by atoms with Crippen molar-refractivity contribution in [1.82, 2.24) is 5.32 Å². The molecular formula is C12H17FN2O. The minimum absolute atomic E-state index is 0.215. The molecule has 3 N–H and O–H groups in total. The van der Waals surface area contributed by atoms with Gasteiger partial charge in [-0.2, -0.15) is 0 Å². The van der Waals surface area contributed by atoms with Gasteiger partial charge in [-0.1, -0.05) is 12.1 Å². The Hall–Kier alpha value is -1.42. The zero-order valence-corrected chi connectivity index (χ0v) is 9.21. The molecule has 0 radical (unpaired) electrons. The number of halogens is 1. The average molecular weight is 224 g/mol. The monoisotopic (exact) mass is 224 g/mol. The van der Waals surface area contributed by atoms with E-state index in [2.05, 4.69) is 5.32 Å². The van der Waals surface area contributed by atoms with Crippen LogP contribution in [-0.2, 0) is 11.3 Å². The van der Waals surface area contributed by atoms with Gasteiger partial charge in [-0.25, -0.2) is 4.39 Å². The Morgan fingerprint density at radius 1 is 1.38 bits per heavy atom. The second-order valence-electron chi connectivity index (χ2n) is 3.73. The summed E-state index contributed by atoms with van der Waals surface area (Å²) in [6.45, 7) is 1.46. The maximum absolute atomic E-state index is 12.8. The molecule has 4 heteroatoms. The minimum Gasteiger partial charge on any atom is -0.370 e. The second kappa shape index (κ2) is 6.95. The average Bonchev–Trinajstić information content (AvgIpc) is 2.23. The van der Waals surface area contributed by atoms with Gasteiger partial charge in [0.05, 0.1) is 0 Å². The van der Waals surface area contributed by atoms with Crippen molar-refractivity contribution in [3.05, 3.63) is 35.6 Å². The van der Waals surface area contributed by atoms with Crippen molar-refractivity contribution >= 4 is 5.91 Å². The first-order chi connectivity index (χ1) is 7.68. The van der Waals surface area contributed by atoms with Crippen LogP contribution in [0.1, 0.15) is 24.8 Å². The maximum atomic E-state index is 12.8. The van der Waals surface area contributed by atoms with Gasteiger partial charge in [0.25, 0.3) is 0 Å². The number of benzene rings is 1. The lowest BCUT2D eigenvalue weighted by Gasteiger charge is -2.04. The highest BCUT2D eigenvalue weighted by Gasteiger charge is 1.96. The van der Waals surface area contributed by atoms with Crippen molar-refractivity contribution in [2.45, 2.75) is 25.8 Å². The molecule has 0 bridgehead atoms. The number of hydrogen-bond donors (Lipinski definition) is 2. The standard InChI is InChI=1S/C12H17FN2O/c13-11-5-3-4-10(8-11)9-15-7-2-1-6-12(14)16/h3-5,8,15H,1-2,6-7,9H2,(H2,14,16). The summed E-state index contributed by atoms with van der Waals surface area (Å²) in [6.07, 6.45) is 2.13. The van der Waals surface area contributed by atoms with Crippen LogP contribution in [0.15, 0.2) is 24.3 Å². The summed E-state index contributed by atoms with van der Waals surface area (Å²) < 4.78 is 12.8. The van der Waals surface area contributed by atoms with E-state index in [0.717, 1.165) is 24.9 Å². The van der Waals surface area contributed by atoms with Crippen LogP contribution >= 0.6 is 0 Å². The van der Waals surface area contributed by atoms with E-state index >= 15 is 0 Å². The largest absolute Gasteiger partial charge is 0.370 e. The molecule has 0 aromatic heterocycles. The van der Waals surface area contributed by atoms with E-state index < -0.39 is 0 Å². The zero-order chi connectivity index (χ0) is 11.8. The van der Waals surface area contributed by atoms with Crippen molar-refractivity contribution in [3.63, 3.8) is 0 Å². The molecule has 16 heavy (non-hydrogen) atoms. The third-order valence-corrected chi connectivity index (χ3v) is 2.24. The number of unbranched alkanes of at least 4 members (excludes halogenated alkanes) is 1. The normalized spacial score (nSPS) is 10.3. The fourth-order valence-corrected chi connectivity index (χ4v) is 1.43. The molecule has 0 atom stereocenters. The molecule has 0 saturated heterocycles. The number of hydrogen-bond acceptors (Lipinski definition) is 2. The molecule has 88 valence electrons. The number of primary amides is 1. The van der Waals surface area contributed by atoms with Crippen LogP contribution in [0.5, 0.6) is 0 Å². The lowest BCUT2D eigenvalue weighted by molar-refractivity contribution is -0.118. The molecule has 3 nitrogen and oxygen atoms in total. The highest BCUT2D eigenvalue weighted by atomic mass is 19.1. The fraction of sp³-hybridized carbons (Fsp3) is 0.417. The van der Waals surface area contributed by atoms with Crippen molar-refractivity contribution in [3.8, 4) is 0 Å². The van der Waals surface area contributed by atoms with Gasteiger partial charge in [0, 0.05) is 13.0 Å². The SMILES string of the molecule is NC(=O)CCCCNCc1cccc(F)c1. The molecule has 0 aliphatic rings. The Morgan fingerprint density at radius 3 is 2.88 bits per heavy atom. The van der Waals surface area contributed by atoms with Crippen molar-refractivity contribution in [2.24, 2.45) is 5.73 Å². The first kappa shape index (κ1) is 12.6. The summed E-state index contributed by atoms with van der Waals surface area (Å²) in [5.74, 6) is -0.474. The summed E-state index contributed by atoms with van der Waals surface area (Å²) in [5, 5.41) is 3.18. The van der Waals surface area contributed by atoms with Gasteiger partial charge >= 0.3 is 0 Å². The second-order valence-corrected chi connectivity index (χ2v) is 3.73. The van der Waals surface area contributed by atoms with E-state index in [1.54, 1.807) is 6.07 Å². The Kier molecular flexibility index (Phi) is 5.50. The molecule has 1 rings (SSSR count). The van der Waals surface area contributed by atoms with Crippen LogP contribution < -0.4 is 11.1 Å². The van der Waals surface area contributed by atoms with Gasteiger partial charge in [0.2, 0.25) is 5.91 Å². The number of nitrogens with two attached hydrogens (primary N) is 1. The molecule has 1 amide bonds. The molecule has 0 unspecified atom stereocenters. The van der Waals surface area contributed by atoms with Crippen LogP contribution in [0, 0.1) is 5.82 Å². The van der Waals surface area contributed by atoms with E-state index in [-0.39, 0.29) is 11.7 Å². The Labute approximate surface area is 94.8 Å². The van der Waals surface area contributed by atoms with Crippen molar-refractivity contribution in [2.75, 3.05) is 6.54 Å². The first-order valence-corrected chi connectivity index (χ1v) is 5.42. The van der Waals surface area contributed by atoms with Crippen LogP contribution in [0.25, 0.3) is 0 Å². The quantitative estimate of drug-likeness (QED) is 0.691.